The lowest BCUT2D eigenvalue weighted by atomic mass is 10.1. The molecule has 0 saturated carbocycles. The van der Waals surface area contributed by atoms with Gasteiger partial charge in [-0.25, -0.2) is 9.78 Å². The van der Waals surface area contributed by atoms with Gasteiger partial charge in [0.05, 0.1) is 17.1 Å². The van der Waals surface area contributed by atoms with Gasteiger partial charge in [0.25, 0.3) is 5.69 Å². The van der Waals surface area contributed by atoms with Crippen LogP contribution in [-0.4, -0.2) is 22.5 Å². The number of benzene rings is 3. The van der Waals surface area contributed by atoms with E-state index >= 15 is 0 Å². The first-order valence-corrected chi connectivity index (χ1v) is 8.99. The molecule has 29 heavy (non-hydrogen) atoms. The summed E-state index contributed by atoms with van der Waals surface area (Å²) in [5.41, 5.74) is 0.544. The summed E-state index contributed by atoms with van der Waals surface area (Å²) in [5, 5.41) is 13.5. The summed E-state index contributed by atoms with van der Waals surface area (Å²) in [6.45, 7) is 1.82. The van der Waals surface area contributed by atoms with E-state index < -0.39 is 10.9 Å². The Kier molecular flexibility index (Phi) is 4.78. The van der Waals surface area contributed by atoms with Crippen molar-refractivity contribution in [3.05, 3.63) is 82.5 Å². The van der Waals surface area contributed by atoms with Crippen LogP contribution in [0.25, 0.3) is 33.6 Å². The summed E-state index contributed by atoms with van der Waals surface area (Å²) in [6, 6.07) is 19.5. The summed E-state index contributed by atoms with van der Waals surface area (Å²) in [7, 11) is 0. The van der Waals surface area contributed by atoms with Gasteiger partial charge in [-0.05, 0) is 35.9 Å². The van der Waals surface area contributed by atoms with E-state index in [1.807, 2.05) is 42.5 Å². The van der Waals surface area contributed by atoms with Crippen LogP contribution < -0.4 is 0 Å². The number of carbonyl (C=O) groups is 1. The maximum atomic E-state index is 12.5. The van der Waals surface area contributed by atoms with E-state index in [1.54, 1.807) is 19.1 Å². The Morgan fingerprint density at radius 3 is 2.55 bits per heavy atom. The van der Waals surface area contributed by atoms with Crippen molar-refractivity contribution >= 4 is 22.4 Å². The van der Waals surface area contributed by atoms with Crippen molar-refractivity contribution in [3.63, 3.8) is 0 Å². The lowest BCUT2D eigenvalue weighted by molar-refractivity contribution is -0.384. The second kappa shape index (κ2) is 7.55. The van der Waals surface area contributed by atoms with Crippen molar-refractivity contribution in [2.75, 3.05) is 6.61 Å². The van der Waals surface area contributed by atoms with Gasteiger partial charge in [0.1, 0.15) is 0 Å². The smallest absolute Gasteiger partial charge is 0.361 e. The monoisotopic (exact) mass is 388 g/mol. The largest absolute Gasteiger partial charge is 0.461 e. The minimum absolute atomic E-state index is 0.0129. The van der Waals surface area contributed by atoms with Gasteiger partial charge < -0.3 is 9.15 Å². The molecule has 3 aromatic carbocycles. The summed E-state index contributed by atoms with van der Waals surface area (Å²) >= 11 is 0. The number of ether oxygens (including phenoxy) is 1. The Morgan fingerprint density at radius 2 is 1.79 bits per heavy atom. The van der Waals surface area contributed by atoms with Crippen LogP contribution in [0.4, 0.5) is 5.69 Å². The Balaban J connectivity index is 1.90. The van der Waals surface area contributed by atoms with Crippen molar-refractivity contribution in [2.24, 2.45) is 0 Å². The molecule has 0 atom stereocenters. The molecule has 7 nitrogen and oxygen atoms in total. The van der Waals surface area contributed by atoms with Gasteiger partial charge in [0.2, 0.25) is 5.89 Å². The van der Waals surface area contributed by atoms with E-state index in [-0.39, 0.29) is 35.2 Å². The second-order valence-corrected chi connectivity index (χ2v) is 6.25. The standard InChI is InChI=1S/C22H16N2O5/c1-2-28-22(25)19-20(17-9-5-6-10-18(17)24(26)27)29-21(23-19)16-12-11-14-7-3-4-8-15(14)13-16/h3-13H,2H2,1H3. The average molecular weight is 388 g/mol. The Morgan fingerprint density at radius 1 is 1.07 bits per heavy atom. The molecule has 0 unspecified atom stereocenters. The second-order valence-electron chi connectivity index (χ2n) is 6.25. The van der Waals surface area contributed by atoms with Crippen LogP contribution in [0.3, 0.4) is 0 Å². The number of oxazole rings is 1. The maximum absolute atomic E-state index is 12.5. The first-order chi connectivity index (χ1) is 14.1. The van der Waals surface area contributed by atoms with Crippen molar-refractivity contribution in [3.8, 4) is 22.8 Å². The number of carbonyl (C=O) groups excluding carboxylic acids is 1. The van der Waals surface area contributed by atoms with Crippen LogP contribution in [0, 0.1) is 10.1 Å². The van der Waals surface area contributed by atoms with E-state index in [0.29, 0.717) is 5.56 Å². The van der Waals surface area contributed by atoms with Gasteiger partial charge in [-0.3, -0.25) is 10.1 Å². The quantitative estimate of drug-likeness (QED) is 0.263. The van der Waals surface area contributed by atoms with Gasteiger partial charge in [-0.1, -0.05) is 42.5 Å². The zero-order valence-corrected chi connectivity index (χ0v) is 15.5. The van der Waals surface area contributed by atoms with Gasteiger partial charge in [-0.15, -0.1) is 0 Å². The number of nitro benzene ring substituents is 1. The predicted molar refractivity (Wildman–Crippen MR) is 107 cm³/mol. The number of hydrogen-bond donors (Lipinski definition) is 0. The number of nitro groups is 1. The minimum atomic E-state index is -0.698. The molecule has 144 valence electrons. The highest BCUT2D eigenvalue weighted by Crippen LogP contribution is 2.36. The van der Waals surface area contributed by atoms with Crippen molar-refractivity contribution < 1.29 is 18.9 Å². The third-order valence-electron chi connectivity index (χ3n) is 4.44. The molecule has 0 aliphatic carbocycles. The zero-order valence-electron chi connectivity index (χ0n) is 15.5. The van der Waals surface area contributed by atoms with Gasteiger partial charge in [0, 0.05) is 11.6 Å². The van der Waals surface area contributed by atoms with Crippen LogP contribution in [0.15, 0.2) is 71.1 Å². The van der Waals surface area contributed by atoms with Gasteiger partial charge in [0.15, 0.2) is 11.5 Å². The van der Waals surface area contributed by atoms with Crippen molar-refractivity contribution in [1.82, 2.24) is 4.98 Å². The van der Waals surface area contributed by atoms with E-state index in [2.05, 4.69) is 4.98 Å². The molecule has 4 rings (SSSR count). The highest BCUT2D eigenvalue weighted by Gasteiger charge is 2.28. The number of fused-ring (bicyclic) bond motifs is 1. The fraction of sp³-hybridized carbons (Fsp3) is 0.0909. The molecule has 0 aliphatic rings. The SMILES string of the molecule is CCOC(=O)c1nc(-c2ccc3ccccc3c2)oc1-c1ccccc1[N+](=O)[O-]. The Bertz CT molecular complexity index is 1230. The lowest BCUT2D eigenvalue weighted by Crippen LogP contribution is -2.07. The predicted octanol–water partition coefficient (Wildman–Crippen LogP) is 5.25. The van der Waals surface area contributed by atoms with Crippen molar-refractivity contribution in [1.29, 1.82) is 0 Å². The molecule has 4 aromatic rings. The third kappa shape index (κ3) is 3.45. The van der Waals surface area contributed by atoms with Gasteiger partial charge in [-0.2, -0.15) is 0 Å². The number of rotatable bonds is 5. The molecule has 0 N–H and O–H groups in total. The van der Waals surface area contributed by atoms with Crippen LogP contribution in [0.1, 0.15) is 17.4 Å². The lowest BCUT2D eigenvalue weighted by Gasteiger charge is -2.02. The summed E-state index contributed by atoms with van der Waals surface area (Å²) in [6.07, 6.45) is 0. The minimum Gasteiger partial charge on any atom is -0.461 e. The number of nitrogens with zero attached hydrogens (tertiary/aromatic N) is 2. The number of hydrogen-bond acceptors (Lipinski definition) is 6. The number of esters is 1. The molecule has 0 amide bonds. The molecule has 1 aromatic heterocycles. The Labute approximate surface area is 165 Å². The molecule has 0 fully saturated rings. The summed E-state index contributed by atoms with van der Waals surface area (Å²) < 4.78 is 11.0. The summed E-state index contributed by atoms with van der Waals surface area (Å²) in [4.78, 5) is 27.7. The van der Waals surface area contributed by atoms with E-state index in [1.165, 1.54) is 12.1 Å². The van der Waals surface area contributed by atoms with Gasteiger partial charge >= 0.3 is 5.97 Å². The number of para-hydroxylation sites is 1. The maximum Gasteiger partial charge on any atom is 0.361 e. The molecule has 0 saturated heterocycles. The highest BCUT2D eigenvalue weighted by molar-refractivity contribution is 5.96. The molecular formula is C22H16N2O5. The van der Waals surface area contributed by atoms with Crippen molar-refractivity contribution in [2.45, 2.75) is 6.92 Å². The van der Waals surface area contributed by atoms with Crippen LogP contribution in [-0.2, 0) is 4.74 Å². The fourth-order valence-electron chi connectivity index (χ4n) is 3.11. The van der Waals surface area contributed by atoms with E-state index in [9.17, 15) is 14.9 Å². The highest BCUT2D eigenvalue weighted by atomic mass is 16.6. The fourth-order valence-corrected chi connectivity index (χ4v) is 3.11. The molecule has 1 heterocycles. The molecule has 0 spiro atoms. The first-order valence-electron chi connectivity index (χ1n) is 8.99. The molecule has 7 heteroatoms. The molecular weight excluding hydrogens is 372 g/mol. The van der Waals surface area contributed by atoms with Crippen LogP contribution in [0.2, 0.25) is 0 Å². The number of aromatic nitrogens is 1. The Hall–Kier alpha value is -4.00. The molecule has 0 radical (unpaired) electrons. The van der Waals surface area contributed by atoms with E-state index in [0.717, 1.165) is 10.8 Å². The average Bonchev–Trinajstić information content (AvgIpc) is 3.19. The van der Waals surface area contributed by atoms with Crippen LogP contribution >= 0.6 is 0 Å². The van der Waals surface area contributed by atoms with E-state index in [4.69, 9.17) is 9.15 Å². The first kappa shape index (κ1) is 18.4. The molecule has 0 bridgehead atoms. The third-order valence-corrected chi connectivity index (χ3v) is 4.44. The molecule has 0 aliphatic heterocycles. The normalized spacial score (nSPS) is 10.8. The summed E-state index contributed by atoms with van der Waals surface area (Å²) in [5.74, 6) is -0.498. The zero-order chi connectivity index (χ0) is 20.4. The topological polar surface area (TPSA) is 95.5 Å². The van der Waals surface area contributed by atoms with Crippen LogP contribution in [0.5, 0.6) is 0 Å².